The van der Waals surface area contributed by atoms with Crippen molar-refractivity contribution in [3.8, 4) is 0 Å². The standard InChI is InChI=1S/C23H19ClFNO/c1-16(17-11-13-20(25)14-12-17)26-23(27)21(18-7-3-2-4-8-18)15-19-9-5-6-10-22(19)24/h2-16H,1H3,(H,26,27)/b21-15+/t16-/m1/s1. The lowest BCUT2D eigenvalue weighted by atomic mass is 10.0. The van der Waals surface area contributed by atoms with Crippen molar-refractivity contribution in [2.24, 2.45) is 0 Å². The minimum absolute atomic E-state index is 0.224. The van der Waals surface area contributed by atoms with E-state index in [-0.39, 0.29) is 17.8 Å². The van der Waals surface area contributed by atoms with E-state index in [0.29, 0.717) is 10.6 Å². The number of rotatable bonds is 5. The van der Waals surface area contributed by atoms with Crippen molar-refractivity contribution >= 4 is 29.2 Å². The highest BCUT2D eigenvalue weighted by Crippen LogP contribution is 2.24. The molecule has 0 spiro atoms. The van der Waals surface area contributed by atoms with E-state index in [2.05, 4.69) is 5.32 Å². The molecule has 0 bridgehead atoms. The molecule has 3 aromatic rings. The van der Waals surface area contributed by atoms with Gasteiger partial charge in [0.2, 0.25) is 0 Å². The molecular weight excluding hydrogens is 361 g/mol. The van der Waals surface area contributed by atoms with Gasteiger partial charge in [0, 0.05) is 10.6 Å². The van der Waals surface area contributed by atoms with E-state index in [1.165, 1.54) is 12.1 Å². The van der Waals surface area contributed by atoms with Crippen LogP contribution in [0.5, 0.6) is 0 Å². The maximum atomic E-state index is 13.1. The molecule has 2 nitrogen and oxygen atoms in total. The summed E-state index contributed by atoms with van der Waals surface area (Å²) in [5, 5.41) is 3.56. The Balaban J connectivity index is 1.92. The first-order valence-corrected chi connectivity index (χ1v) is 9.00. The summed E-state index contributed by atoms with van der Waals surface area (Å²) in [5.74, 6) is -0.529. The van der Waals surface area contributed by atoms with E-state index in [1.54, 1.807) is 24.3 Å². The van der Waals surface area contributed by atoms with Crippen LogP contribution in [0.25, 0.3) is 11.6 Å². The van der Waals surface area contributed by atoms with Crippen molar-refractivity contribution in [2.45, 2.75) is 13.0 Å². The van der Waals surface area contributed by atoms with Crippen molar-refractivity contribution in [1.82, 2.24) is 5.32 Å². The fourth-order valence-electron chi connectivity index (χ4n) is 2.75. The molecular formula is C23H19ClFNO. The maximum Gasteiger partial charge on any atom is 0.252 e. The summed E-state index contributed by atoms with van der Waals surface area (Å²) in [6, 6.07) is 22.6. The second kappa shape index (κ2) is 8.65. The highest BCUT2D eigenvalue weighted by atomic mass is 35.5. The van der Waals surface area contributed by atoms with E-state index in [9.17, 15) is 9.18 Å². The molecule has 27 heavy (non-hydrogen) atoms. The molecule has 0 heterocycles. The number of nitrogens with one attached hydrogen (secondary N) is 1. The zero-order valence-electron chi connectivity index (χ0n) is 14.8. The third-order valence-electron chi connectivity index (χ3n) is 4.25. The number of hydrogen-bond acceptors (Lipinski definition) is 1. The first kappa shape index (κ1) is 18.9. The zero-order valence-corrected chi connectivity index (χ0v) is 15.6. The van der Waals surface area contributed by atoms with Crippen LogP contribution in [0.15, 0.2) is 78.9 Å². The van der Waals surface area contributed by atoms with Crippen LogP contribution in [-0.4, -0.2) is 5.91 Å². The average Bonchev–Trinajstić information content (AvgIpc) is 2.68. The zero-order chi connectivity index (χ0) is 19.2. The molecule has 0 radical (unpaired) electrons. The Labute approximate surface area is 163 Å². The summed E-state index contributed by atoms with van der Waals surface area (Å²) in [6.07, 6.45) is 1.78. The van der Waals surface area contributed by atoms with E-state index in [0.717, 1.165) is 16.7 Å². The van der Waals surface area contributed by atoms with Gasteiger partial charge in [0.1, 0.15) is 5.82 Å². The van der Waals surface area contributed by atoms with Gasteiger partial charge >= 0.3 is 0 Å². The van der Waals surface area contributed by atoms with Gasteiger partial charge in [0.15, 0.2) is 0 Å². The number of carbonyl (C=O) groups is 1. The van der Waals surface area contributed by atoms with Crippen molar-refractivity contribution in [2.75, 3.05) is 0 Å². The Hall–Kier alpha value is -2.91. The van der Waals surface area contributed by atoms with Gasteiger partial charge in [-0.05, 0) is 47.9 Å². The molecule has 136 valence electrons. The third-order valence-corrected chi connectivity index (χ3v) is 4.60. The number of halogens is 2. The van der Waals surface area contributed by atoms with Crippen molar-refractivity contribution in [3.05, 3.63) is 106 Å². The topological polar surface area (TPSA) is 29.1 Å². The molecule has 0 saturated carbocycles. The summed E-state index contributed by atoms with van der Waals surface area (Å²) < 4.78 is 13.1. The summed E-state index contributed by atoms with van der Waals surface area (Å²) in [4.78, 5) is 13.0. The number of hydrogen-bond donors (Lipinski definition) is 1. The molecule has 0 saturated heterocycles. The van der Waals surface area contributed by atoms with Crippen LogP contribution in [0.2, 0.25) is 5.02 Å². The maximum absolute atomic E-state index is 13.1. The van der Waals surface area contributed by atoms with Gasteiger partial charge in [0.05, 0.1) is 6.04 Å². The van der Waals surface area contributed by atoms with Gasteiger partial charge in [0.25, 0.3) is 5.91 Å². The molecule has 1 N–H and O–H groups in total. The Bertz CT molecular complexity index is 952. The predicted molar refractivity (Wildman–Crippen MR) is 109 cm³/mol. The third kappa shape index (κ3) is 4.83. The smallest absolute Gasteiger partial charge is 0.252 e. The van der Waals surface area contributed by atoms with Crippen LogP contribution in [-0.2, 0) is 4.79 Å². The molecule has 0 aliphatic rings. The molecule has 0 unspecified atom stereocenters. The molecule has 1 atom stereocenters. The summed E-state index contributed by atoms with van der Waals surface area (Å²) >= 11 is 6.27. The van der Waals surface area contributed by atoms with Crippen molar-refractivity contribution in [1.29, 1.82) is 0 Å². The monoisotopic (exact) mass is 379 g/mol. The van der Waals surface area contributed by atoms with Crippen LogP contribution >= 0.6 is 11.6 Å². The number of carbonyl (C=O) groups excluding carboxylic acids is 1. The van der Waals surface area contributed by atoms with E-state index >= 15 is 0 Å². The van der Waals surface area contributed by atoms with Crippen LogP contribution in [0.1, 0.15) is 29.7 Å². The minimum Gasteiger partial charge on any atom is -0.345 e. The van der Waals surface area contributed by atoms with Gasteiger partial charge in [-0.15, -0.1) is 0 Å². The van der Waals surface area contributed by atoms with Gasteiger partial charge in [-0.2, -0.15) is 0 Å². The average molecular weight is 380 g/mol. The largest absolute Gasteiger partial charge is 0.345 e. The fourth-order valence-corrected chi connectivity index (χ4v) is 2.94. The minimum atomic E-state index is -0.305. The van der Waals surface area contributed by atoms with Gasteiger partial charge in [-0.25, -0.2) is 4.39 Å². The lowest BCUT2D eigenvalue weighted by Crippen LogP contribution is -2.27. The SMILES string of the molecule is C[C@@H](NC(=O)/C(=C/c1ccccc1Cl)c1ccccc1)c1ccc(F)cc1. The second-order valence-electron chi connectivity index (χ2n) is 6.19. The van der Waals surface area contributed by atoms with Crippen LogP contribution in [0, 0.1) is 5.82 Å². The number of benzene rings is 3. The van der Waals surface area contributed by atoms with Crippen molar-refractivity contribution < 1.29 is 9.18 Å². The normalized spacial score (nSPS) is 12.5. The summed E-state index contributed by atoms with van der Waals surface area (Å²) in [6.45, 7) is 1.86. The van der Waals surface area contributed by atoms with Crippen LogP contribution in [0.4, 0.5) is 4.39 Å². The molecule has 0 aliphatic carbocycles. The Morgan fingerprint density at radius 3 is 2.26 bits per heavy atom. The molecule has 0 aliphatic heterocycles. The Morgan fingerprint density at radius 2 is 1.59 bits per heavy atom. The molecule has 0 fully saturated rings. The Morgan fingerprint density at radius 1 is 0.963 bits per heavy atom. The van der Waals surface area contributed by atoms with Crippen LogP contribution < -0.4 is 5.32 Å². The second-order valence-corrected chi connectivity index (χ2v) is 6.60. The molecule has 0 aromatic heterocycles. The Kier molecular flexibility index (Phi) is 6.05. The highest BCUT2D eigenvalue weighted by Gasteiger charge is 2.16. The number of amides is 1. The fraction of sp³-hybridized carbons (Fsp3) is 0.0870. The highest BCUT2D eigenvalue weighted by molar-refractivity contribution is 6.33. The predicted octanol–water partition coefficient (Wildman–Crippen LogP) is 5.90. The molecule has 4 heteroatoms. The first-order valence-electron chi connectivity index (χ1n) is 8.62. The van der Waals surface area contributed by atoms with E-state index in [4.69, 9.17) is 11.6 Å². The summed E-state index contributed by atoms with van der Waals surface area (Å²) in [5.41, 5.74) is 2.90. The van der Waals surface area contributed by atoms with E-state index < -0.39 is 0 Å². The van der Waals surface area contributed by atoms with Crippen LogP contribution in [0.3, 0.4) is 0 Å². The van der Waals surface area contributed by atoms with Crippen molar-refractivity contribution in [3.63, 3.8) is 0 Å². The molecule has 3 rings (SSSR count). The van der Waals surface area contributed by atoms with Gasteiger partial charge in [-0.1, -0.05) is 72.3 Å². The molecule has 3 aromatic carbocycles. The van der Waals surface area contributed by atoms with E-state index in [1.807, 2.05) is 55.5 Å². The van der Waals surface area contributed by atoms with Gasteiger partial charge in [-0.3, -0.25) is 4.79 Å². The molecule has 1 amide bonds. The lowest BCUT2D eigenvalue weighted by molar-refractivity contribution is -0.116. The lowest BCUT2D eigenvalue weighted by Gasteiger charge is -2.16. The van der Waals surface area contributed by atoms with Gasteiger partial charge < -0.3 is 5.32 Å². The quantitative estimate of drug-likeness (QED) is 0.434. The first-order chi connectivity index (χ1) is 13.0. The summed E-state index contributed by atoms with van der Waals surface area (Å²) in [7, 11) is 0.